The highest BCUT2D eigenvalue weighted by atomic mass is 15.1. The molecule has 0 N–H and O–H groups in total. The Kier molecular flexibility index (Phi) is 6.50. The first-order chi connectivity index (χ1) is 25.3. The average molecular weight is 656 g/mol. The van der Waals surface area contributed by atoms with Crippen LogP contribution in [0.1, 0.15) is 43.2 Å². The molecule has 4 bridgehead atoms. The summed E-state index contributed by atoms with van der Waals surface area (Å²) in [6.45, 7) is 0. The van der Waals surface area contributed by atoms with Crippen LogP contribution in [0.2, 0.25) is 0 Å². The minimum absolute atomic E-state index is 0.110. The number of fused-ring (bicyclic) bond motifs is 4. The highest BCUT2D eigenvalue weighted by molar-refractivity contribution is 6.07. The van der Waals surface area contributed by atoms with E-state index in [2.05, 4.69) is 169 Å². The quantitative estimate of drug-likeness (QED) is 0.178. The molecule has 0 saturated heterocycles. The number of hydrogen-bond donors (Lipinski definition) is 0. The summed E-state index contributed by atoms with van der Waals surface area (Å²) in [5.74, 6) is 3.28. The van der Waals surface area contributed by atoms with Gasteiger partial charge in [0.2, 0.25) is 0 Å². The Morgan fingerprint density at radius 3 is 1.67 bits per heavy atom. The Morgan fingerprint density at radius 2 is 0.941 bits per heavy atom. The van der Waals surface area contributed by atoms with Crippen molar-refractivity contribution in [3.05, 3.63) is 175 Å². The van der Waals surface area contributed by atoms with E-state index < -0.39 is 0 Å². The molecule has 1 spiro atoms. The summed E-state index contributed by atoms with van der Waals surface area (Å²) < 4.78 is 0. The van der Waals surface area contributed by atoms with Gasteiger partial charge in [-0.1, -0.05) is 140 Å². The standard InChI is InChI=1S/C50H41N/c1-3-13-35(14-4-1)40-25-26-49(45-20-8-7-18-42(40)45)51(48-22-12-10-17-41(48)36-15-5-2-6-16-36)39-23-24-44-43-19-9-11-21-46(43)50(47(44)32-39)37-28-33-27-34(30-37)31-38(50)29-33/h1-26,32-34,37-38H,27-31H2. The van der Waals surface area contributed by atoms with E-state index in [1.54, 1.807) is 11.1 Å². The second-order valence-electron chi connectivity index (χ2n) is 15.7. The molecule has 0 amide bonds. The summed E-state index contributed by atoms with van der Waals surface area (Å²) in [5.41, 5.74) is 14.9. The van der Waals surface area contributed by atoms with Gasteiger partial charge in [0.05, 0.1) is 11.4 Å². The largest absolute Gasteiger partial charge is 0.309 e. The first-order valence-electron chi connectivity index (χ1n) is 19.0. The number of nitrogens with zero attached hydrogens (tertiary/aromatic N) is 1. The fourth-order valence-electron chi connectivity index (χ4n) is 11.6. The normalized spacial score (nSPS) is 23.8. The first-order valence-corrected chi connectivity index (χ1v) is 19.0. The molecule has 12 rings (SSSR count). The van der Waals surface area contributed by atoms with Crippen LogP contribution in [0.4, 0.5) is 17.1 Å². The number of benzene rings is 7. The van der Waals surface area contributed by atoms with Crippen LogP contribution in [0.25, 0.3) is 44.2 Å². The number of rotatable bonds is 5. The Bertz CT molecular complexity index is 2410. The zero-order valence-corrected chi connectivity index (χ0v) is 28.9. The maximum atomic E-state index is 2.64. The summed E-state index contributed by atoms with van der Waals surface area (Å²) in [7, 11) is 0. The molecule has 0 heterocycles. The van der Waals surface area contributed by atoms with Crippen LogP contribution >= 0.6 is 0 Å². The highest BCUT2D eigenvalue weighted by Crippen LogP contribution is 2.69. The maximum Gasteiger partial charge on any atom is 0.0540 e. The summed E-state index contributed by atoms with van der Waals surface area (Å²) >= 11 is 0. The van der Waals surface area contributed by atoms with Crippen molar-refractivity contribution in [3.8, 4) is 33.4 Å². The molecule has 7 aromatic rings. The molecule has 51 heavy (non-hydrogen) atoms. The Labute approximate surface area is 301 Å². The van der Waals surface area contributed by atoms with Crippen LogP contribution in [0, 0.1) is 23.7 Å². The highest BCUT2D eigenvalue weighted by Gasteiger charge is 2.61. The number of para-hydroxylation sites is 1. The van der Waals surface area contributed by atoms with E-state index in [0.717, 1.165) is 23.7 Å². The zero-order chi connectivity index (χ0) is 33.5. The van der Waals surface area contributed by atoms with Crippen LogP contribution in [0.3, 0.4) is 0 Å². The smallest absolute Gasteiger partial charge is 0.0540 e. The molecule has 0 radical (unpaired) electrons. The Morgan fingerprint density at radius 1 is 0.392 bits per heavy atom. The van der Waals surface area contributed by atoms with Gasteiger partial charge in [-0.05, 0) is 124 Å². The van der Waals surface area contributed by atoms with Gasteiger partial charge in [-0.25, -0.2) is 0 Å². The predicted octanol–water partition coefficient (Wildman–Crippen LogP) is 13.4. The molecule has 5 aliphatic rings. The van der Waals surface area contributed by atoms with Gasteiger partial charge in [0, 0.05) is 22.1 Å². The van der Waals surface area contributed by atoms with Crippen LogP contribution in [0.15, 0.2) is 164 Å². The fraction of sp³-hybridized carbons (Fsp3) is 0.200. The molecule has 1 nitrogen and oxygen atoms in total. The van der Waals surface area contributed by atoms with Crippen molar-refractivity contribution in [2.45, 2.75) is 37.5 Å². The monoisotopic (exact) mass is 655 g/mol. The third-order valence-electron chi connectivity index (χ3n) is 13.3. The van der Waals surface area contributed by atoms with Gasteiger partial charge in [0.1, 0.15) is 0 Å². The van der Waals surface area contributed by atoms with E-state index >= 15 is 0 Å². The molecule has 4 fully saturated rings. The van der Waals surface area contributed by atoms with E-state index in [9.17, 15) is 0 Å². The average Bonchev–Trinajstić information content (AvgIpc) is 3.48. The molecular formula is C50H41N. The fourth-order valence-corrected chi connectivity index (χ4v) is 11.6. The lowest BCUT2D eigenvalue weighted by atomic mass is 9.43. The Hall–Kier alpha value is -5.40. The van der Waals surface area contributed by atoms with Crippen LogP contribution in [0.5, 0.6) is 0 Å². The summed E-state index contributed by atoms with van der Waals surface area (Å²) in [4.78, 5) is 2.58. The summed E-state index contributed by atoms with van der Waals surface area (Å²) in [6, 6.07) is 61.5. The number of anilines is 3. The molecule has 0 aromatic heterocycles. The summed E-state index contributed by atoms with van der Waals surface area (Å²) in [5, 5.41) is 2.53. The van der Waals surface area contributed by atoms with Gasteiger partial charge < -0.3 is 4.90 Å². The first kappa shape index (κ1) is 29.3. The van der Waals surface area contributed by atoms with Crippen molar-refractivity contribution >= 4 is 27.8 Å². The van der Waals surface area contributed by atoms with Gasteiger partial charge in [-0.3, -0.25) is 0 Å². The van der Waals surface area contributed by atoms with Gasteiger partial charge in [-0.15, -0.1) is 0 Å². The van der Waals surface area contributed by atoms with E-state index in [-0.39, 0.29) is 5.41 Å². The van der Waals surface area contributed by atoms with Crippen molar-refractivity contribution in [3.63, 3.8) is 0 Å². The molecule has 0 aliphatic heterocycles. The lowest BCUT2D eigenvalue weighted by molar-refractivity contribution is -0.0399. The van der Waals surface area contributed by atoms with Crippen LogP contribution < -0.4 is 4.90 Å². The molecule has 0 unspecified atom stereocenters. The molecule has 0 atom stereocenters. The zero-order valence-electron chi connectivity index (χ0n) is 28.9. The summed E-state index contributed by atoms with van der Waals surface area (Å²) in [6.07, 6.45) is 7.01. The Balaban J connectivity index is 1.18. The second kappa shape index (κ2) is 11.3. The molecule has 1 heteroatoms. The van der Waals surface area contributed by atoms with Gasteiger partial charge in [0.25, 0.3) is 0 Å². The molecule has 7 aromatic carbocycles. The van der Waals surface area contributed by atoms with Gasteiger partial charge in [-0.2, -0.15) is 0 Å². The maximum absolute atomic E-state index is 2.64. The van der Waals surface area contributed by atoms with Crippen molar-refractivity contribution < 1.29 is 0 Å². The lowest BCUT2D eigenvalue weighted by Gasteiger charge is -2.61. The molecular weight excluding hydrogens is 615 g/mol. The molecule has 5 aliphatic carbocycles. The van der Waals surface area contributed by atoms with E-state index in [4.69, 9.17) is 0 Å². The van der Waals surface area contributed by atoms with E-state index in [0.29, 0.717) is 0 Å². The van der Waals surface area contributed by atoms with Crippen molar-refractivity contribution in [1.82, 2.24) is 0 Å². The van der Waals surface area contributed by atoms with E-state index in [1.165, 1.54) is 93.3 Å². The number of hydrogen-bond acceptors (Lipinski definition) is 1. The van der Waals surface area contributed by atoms with Gasteiger partial charge >= 0.3 is 0 Å². The molecule has 246 valence electrons. The van der Waals surface area contributed by atoms with Crippen LogP contribution in [-0.2, 0) is 5.41 Å². The molecule has 4 saturated carbocycles. The van der Waals surface area contributed by atoms with E-state index in [1.807, 2.05) is 0 Å². The van der Waals surface area contributed by atoms with Crippen LogP contribution in [-0.4, -0.2) is 0 Å². The van der Waals surface area contributed by atoms with Crippen molar-refractivity contribution in [2.24, 2.45) is 23.7 Å². The van der Waals surface area contributed by atoms with Gasteiger partial charge in [0.15, 0.2) is 0 Å². The topological polar surface area (TPSA) is 3.24 Å². The lowest BCUT2D eigenvalue weighted by Crippen LogP contribution is -2.55. The third kappa shape index (κ3) is 4.27. The second-order valence-corrected chi connectivity index (χ2v) is 15.7. The van der Waals surface area contributed by atoms with Crippen molar-refractivity contribution in [1.29, 1.82) is 0 Å². The minimum Gasteiger partial charge on any atom is -0.309 e. The predicted molar refractivity (Wildman–Crippen MR) is 213 cm³/mol. The minimum atomic E-state index is 0.110. The SMILES string of the molecule is c1ccc(-c2ccccc2N(c2ccc3c(c2)C2(c4ccccc4-3)C3CC4CC(C3)CC2C4)c2ccc(-c3ccccc3)c3ccccc23)cc1. The third-order valence-corrected chi connectivity index (χ3v) is 13.3. The van der Waals surface area contributed by atoms with Crippen molar-refractivity contribution in [2.75, 3.05) is 4.90 Å².